The first-order valence-electron chi connectivity index (χ1n) is 7.50. The molecule has 0 aromatic carbocycles. The van der Waals surface area contributed by atoms with Crippen molar-refractivity contribution in [2.75, 3.05) is 19.6 Å². The van der Waals surface area contributed by atoms with E-state index in [1.54, 1.807) is 0 Å². The molecular formula is C15H30N2O. The molecule has 0 amide bonds. The SMILES string of the molecule is CC1CCCC(CN)(N2CC(C)OC(C)(C)C2)C1. The molecule has 2 aliphatic rings. The summed E-state index contributed by atoms with van der Waals surface area (Å²) in [7, 11) is 0. The van der Waals surface area contributed by atoms with E-state index in [0.717, 1.165) is 25.6 Å². The van der Waals surface area contributed by atoms with Gasteiger partial charge in [0.05, 0.1) is 11.7 Å². The fourth-order valence-corrected chi connectivity index (χ4v) is 4.05. The van der Waals surface area contributed by atoms with E-state index in [0.29, 0.717) is 6.10 Å². The van der Waals surface area contributed by atoms with Crippen molar-refractivity contribution in [3.63, 3.8) is 0 Å². The van der Waals surface area contributed by atoms with Gasteiger partial charge in [0.2, 0.25) is 0 Å². The van der Waals surface area contributed by atoms with E-state index in [9.17, 15) is 0 Å². The van der Waals surface area contributed by atoms with Gasteiger partial charge in [-0.3, -0.25) is 4.90 Å². The van der Waals surface area contributed by atoms with E-state index in [2.05, 4.69) is 32.6 Å². The molecule has 0 aromatic rings. The van der Waals surface area contributed by atoms with Gasteiger partial charge in [0.25, 0.3) is 0 Å². The summed E-state index contributed by atoms with van der Waals surface area (Å²) in [5.41, 5.74) is 6.37. The normalized spacial score (nSPS) is 41.8. The van der Waals surface area contributed by atoms with E-state index in [-0.39, 0.29) is 11.1 Å². The Morgan fingerprint density at radius 1 is 1.33 bits per heavy atom. The van der Waals surface area contributed by atoms with Crippen molar-refractivity contribution >= 4 is 0 Å². The smallest absolute Gasteiger partial charge is 0.0757 e. The van der Waals surface area contributed by atoms with Gasteiger partial charge in [0, 0.05) is 25.2 Å². The van der Waals surface area contributed by atoms with Crippen LogP contribution in [0, 0.1) is 5.92 Å². The highest BCUT2D eigenvalue weighted by Gasteiger charge is 2.44. The minimum absolute atomic E-state index is 0.0411. The van der Waals surface area contributed by atoms with Gasteiger partial charge in [-0.05, 0) is 39.5 Å². The van der Waals surface area contributed by atoms with Crippen LogP contribution in [0.15, 0.2) is 0 Å². The van der Waals surface area contributed by atoms with Gasteiger partial charge in [-0.15, -0.1) is 0 Å². The summed E-state index contributed by atoms with van der Waals surface area (Å²) >= 11 is 0. The third-order valence-electron chi connectivity index (χ3n) is 4.69. The van der Waals surface area contributed by atoms with Crippen LogP contribution in [0.3, 0.4) is 0 Å². The van der Waals surface area contributed by atoms with Crippen LogP contribution in [0.1, 0.15) is 53.4 Å². The van der Waals surface area contributed by atoms with Gasteiger partial charge < -0.3 is 10.5 Å². The minimum atomic E-state index is -0.0411. The second-order valence-electron chi connectivity index (χ2n) is 7.20. The zero-order valence-corrected chi connectivity index (χ0v) is 12.5. The third kappa shape index (κ3) is 2.89. The molecule has 1 heterocycles. The molecule has 2 N–H and O–H groups in total. The van der Waals surface area contributed by atoms with Gasteiger partial charge in [0.15, 0.2) is 0 Å². The molecule has 1 saturated carbocycles. The maximum absolute atomic E-state index is 6.18. The van der Waals surface area contributed by atoms with Crippen LogP contribution in [-0.2, 0) is 4.74 Å². The lowest BCUT2D eigenvalue weighted by atomic mass is 9.74. The fraction of sp³-hybridized carbons (Fsp3) is 1.00. The fourth-order valence-electron chi connectivity index (χ4n) is 4.05. The molecule has 18 heavy (non-hydrogen) atoms. The van der Waals surface area contributed by atoms with E-state index in [1.807, 2.05) is 0 Å². The molecule has 106 valence electrons. The Morgan fingerprint density at radius 2 is 2.06 bits per heavy atom. The molecule has 3 atom stereocenters. The van der Waals surface area contributed by atoms with Gasteiger partial charge in [-0.2, -0.15) is 0 Å². The molecular weight excluding hydrogens is 224 g/mol. The van der Waals surface area contributed by atoms with Crippen molar-refractivity contribution < 1.29 is 4.74 Å². The van der Waals surface area contributed by atoms with Crippen LogP contribution < -0.4 is 5.73 Å². The Morgan fingerprint density at radius 3 is 2.61 bits per heavy atom. The Balaban J connectivity index is 2.16. The number of hydrogen-bond acceptors (Lipinski definition) is 3. The van der Waals surface area contributed by atoms with E-state index in [1.165, 1.54) is 25.7 Å². The number of nitrogens with zero attached hydrogens (tertiary/aromatic N) is 1. The molecule has 2 fully saturated rings. The number of morpholine rings is 1. The Hall–Kier alpha value is -0.120. The quantitative estimate of drug-likeness (QED) is 0.822. The Bertz CT molecular complexity index is 292. The Labute approximate surface area is 112 Å². The maximum Gasteiger partial charge on any atom is 0.0757 e. The number of hydrogen-bond donors (Lipinski definition) is 1. The minimum Gasteiger partial charge on any atom is -0.370 e. The van der Waals surface area contributed by atoms with Crippen molar-refractivity contribution in [3.05, 3.63) is 0 Å². The van der Waals surface area contributed by atoms with Crippen LogP contribution in [0.5, 0.6) is 0 Å². The van der Waals surface area contributed by atoms with Crippen LogP contribution >= 0.6 is 0 Å². The first kappa shape index (κ1) is 14.3. The zero-order valence-electron chi connectivity index (χ0n) is 12.5. The summed E-state index contributed by atoms with van der Waals surface area (Å²) in [6, 6.07) is 0. The summed E-state index contributed by atoms with van der Waals surface area (Å²) < 4.78 is 6.03. The summed E-state index contributed by atoms with van der Waals surface area (Å²) in [5, 5.41) is 0. The lowest BCUT2D eigenvalue weighted by molar-refractivity contribution is -0.159. The van der Waals surface area contributed by atoms with Crippen molar-refractivity contribution in [2.45, 2.75) is 70.6 Å². The molecule has 1 aliphatic heterocycles. The van der Waals surface area contributed by atoms with Crippen molar-refractivity contribution in [2.24, 2.45) is 11.7 Å². The van der Waals surface area contributed by atoms with Crippen molar-refractivity contribution in [1.29, 1.82) is 0 Å². The predicted molar refractivity (Wildman–Crippen MR) is 75.6 cm³/mol. The third-order valence-corrected chi connectivity index (χ3v) is 4.69. The molecule has 3 unspecified atom stereocenters. The highest BCUT2D eigenvalue weighted by atomic mass is 16.5. The van der Waals surface area contributed by atoms with Crippen LogP contribution in [0.25, 0.3) is 0 Å². The summed E-state index contributed by atoms with van der Waals surface area (Å²) in [4.78, 5) is 2.64. The molecule has 2 rings (SSSR count). The zero-order chi connectivity index (χ0) is 13.4. The summed E-state index contributed by atoms with van der Waals surface area (Å²) in [5.74, 6) is 0.809. The number of rotatable bonds is 2. The average Bonchev–Trinajstić information content (AvgIpc) is 2.26. The molecule has 3 nitrogen and oxygen atoms in total. The van der Waals surface area contributed by atoms with Gasteiger partial charge >= 0.3 is 0 Å². The molecule has 1 saturated heterocycles. The summed E-state index contributed by atoms with van der Waals surface area (Å²) in [6.07, 6.45) is 5.52. The second kappa shape index (κ2) is 5.10. The van der Waals surface area contributed by atoms with Gasteiger partial charge in [0.1, 0.15) is 0 Å². The Kier molecular flexibility index (Phi) is 4.05. The molecule has 0 spiro atoms. The van der Waals surface area contributed by atoms with Crippen LogP contribution in [0.2, 0.25) is 0 Å². The maximum atomic E-state index is 6.18. The lowest BCUT2D eigenvalue weighted by Crippen LogP contribution is -2.64. The monoisotopic (exact) mass is 254 g/mol. The van der Waals surface area contributed by atoms with E-state index < -0.39 is 0 Å². The largest absolute Gasteiger partial charge is 0.370 e. The van der Waals surface area contributed by atoms with E-state index >= 15 is 0 Å². The van der Waals surface area contributed by atoms with Gasteiger partial charge in [-0.25, -0.2) is 0 Å². The molecule has 0 bridgehead atoms. The molecule has 1 aliphatic carbocycles. The lowest BCUT2D eigenvalue weighted by Gasteiger charge is -2.53. The molecule has 0 radical (unpaired) electrons. The number of ether oxygens (including phenoxy) is 1. The average molecular weight is 254 g/mol. The highest BCUT2D eigenvalue weighted by Crippen LogP contribution is 2.38. The highest BCUT2D eigenvalue weighted by molar-refractivity contribution is 4.99. The van der Waals surface area contributed by atoms with Gasteiger partial charge in [-0.1, -0.05) is 19.8 Å². The summed E-state index contributed by atoms with van der Waals surface area (Å²) in [6.45, 7) is 11.8. The topological polar surface area (TPSA) is 38.5 Å². The molecule has 0 aromatic heterocycles. The van der Waals surface area contributed by atoms with Crippen LogP contribution in [-0.4, -0.2) is 41.8 Å². The van der Waals surface area contributed by atoms with Crippen molar-refractivity contribution in [1.82, 2.24) is 4.90 Å². The van der Waals surface area contributed by atoms with Crippen LogP contribution in [0.4, 0.5) is 0 Å². The first-order valence-corrected chi connectivity index (χ1v) is 7.50. The van der Waals surface area contributed by atoms with E-state index in [4.69, 9.17) is 10.5 Å². The molecule has 3 heteroatoms. The standard InChI is InChI=1S/C15H30N2O/c1-12-6-5-7-15(8-12,10-16)17-9-13(2)18-14(3,4)11-17/h12-13H,5-11,16H2,1-4H3. The first-order chi connectivity index (χ1) is 8.37. The second-order valence-corrected chi connectivity index (χ2v) is 7.20. The predicted octanol–water partition coefficient (Wildman–Crippen LogP) is 2.39. The van der Waals surface area contributed by atoms with Crippen molar-refractivity contribution in [3.8, 4) is 0 Å². The number of nitrogens with two attached hydrogens (primary N) is 1.